The minimum atomic E-state index is 0.304. The first-order valence-corrected chi connectivity index (χ1v) is 7.31. The predicted octanol–water partition coefficient (Wildman–Crippen LogP) is 4.52. The van der Waals surface area contributed by atoms with E-state index in [0.717, 1.165) is 24.8 Å². The quantitative estimate of drug-likeness (QED) is 0.814. The second-order valence-electron chi connectivity index (χ2n) is 4.52. The van der Waals surface area contributed by atoms with Gasteiger partial charge in [-0.3, -0.25) is 0 Å². The Morgan fingerprint density at radius 2 is 1.15 bits per heavy atom. The first kappa shape index (κ1) is 16.4. The zero-order valence-electron chi connectivity index (χ0n) is 11.7. The summed E-state index contributed by atoms with van der Waals surface area (Å²) in [4.78, 5) is 0. The number of phenols is 2. The van der Waals surface area contributed by atoms with Crippen molar-refractivity contribution < 1.29 is 10.2 Å². The van der Waals surface area contributed by atoms with Gasteiger partial charge < -0.3 is 10.2 Å². The van der Waals surface area contributed by atoms with E-state index in [4.69, 9.17) is 21.8 Å². The Morgan fingerprint density at radius 3 is 1.50 bits per heavy atom. The van der Waals surface area contributed by atoms with E-state index in [0.29, 0.717) is 17.4 Å². The molecule has 0 amide bonds. The highest BCUT2D eigenvalue weighted by molar-refractivity contribution is 6.17. The van der Waals surface area contributed by atoms with Gasteiger partial charge in [0, 0.05) is 5.88 Å². The number of aromatic hydroxyl groups is 2. The fourth-order valence-electron chi connectivity index (χ4n) is 1.72. The molecule has 0 radical (unpaired) electrons. The Bertz CT molecular complexity index is 430. The number of aryl methyl sites for hydroxylation is 2. The van der Waals surface area contributed by atoms with Crippen molar-refractivity contribution in [1.29, 1.82) is 0 Å². The van der Waals surface area contributed by atoms with Crippen LogP contribution in [0.4, 0.5) is 0 Å². The molecule has 0 fully saturated rings. The van der Waals surface area contributed by atoms with Crippen LogP contribution in [0.3, 0.4) is 0 Å². The van der Waals surface area contributed by atoms with Crippen molar-refractivity contribution in [3.63, 3.8) is 0 Å². The Hall–Kier alpha value is -1.67. The summed E-state index contributed by atoms with van der Waals surface area (Å²) < 4.78 is 0. The summed E-state index contributed by atoms with van der Waals surface area (Å²) in [5.41, 5.74) is 2.45. The van der Waals surface area contributed by atoms with Gasteiger partial charge in [-0.15, -0.1) is 11.6 Å². The number of benzene rings is 2. The second-order valence-corrected chi connectivity index (χ2v) is 4.90. The first-order chi connectivity index (χ1) is 9.65. The minimum absolute atomic E-state index is 0.304. The lowest BCUT2D eigenvalue weighted by Crippen LogP contribution is -1.83. The highest BCUT2D eigenvalue weighted by atomic mass is 35.5. The molecule has 0 heterocycles. The topological polar surface area (TPSA) is 40.5 Å². The molecule has 2 rings (SSSR count). The summed E-state index contributed by atoms with van der Waals surface area (Å²) in [6.45, 7) is 2.15. The molecule has 0 saturated heterocycles. The summed E-state index contributed by atoms with van der Waals surface area (Å²) in [7, 11) is 0. The van der Waals surface area contributed by atoms with Crippen LogP contribution < -0.4 is 0 Å². The average molecular weight is 293 g/mol. The van der Waals surface area contributed by atoms with Gasteiger partial charge in [0.15, 0.2) is 0 Å². The van der Waals surface area contributed by atoms with Crippen molar-refractivity contribution in [3.05, 3.63) is 59.7 Å². The highest BCUT2D eigenvalue weighted by Crippen LogP contribution is 2.11. The molecule has 3 heteroatoms. The van der Waals surface area contributed by atoms with Crippen molar-refractivity contribution in [2.24, 2.45) is 0 Å². The zero-order chi connectivity index (χ0) is 14.8. The van der Waals surface area contributed by atoms with E-state index in [1.165, 1.54) is 5.56 Å². The fourth-order valence-corrected chi connectivity index (χ4v) is 1.94. The predicted molar refractivity (Wildman–Crippen MR) is 84.6 cm³/mol. The summed E-state index contributed by atoms with van der Waals surface area (Å²) in [5.74, 6) is 1.28. The molecule has 0 spiro atoms. The number of hydrogen-bond donors (Lipinski definition) is 2. The van der Waals surface area contributed by atoms with E-state index in [9.17, 15) is 0 Å². The smallest absolute Gasteiger partial charge is 0.115 e. The van der Waals surface area contributed by atoms with Crippen LogP contribution in [0.1, 0.15) is 24.5 Å². The molecule has 0 bridgehead atoms. The summed E-state index contributed by atoms with van der Waals surface area (Å²) >= 11 is 5.51. The largest absolute Gasteiger partial charge is 0.508 e. The number of alkyl halides is 1. The van der Waals surface area contributed by atoms with Crippen molar-refractivity contribution in [2.45, 2.75) is 26.2 Å². The maximum atomic E-state index is 8.92. The first-order valence-electron chi connectivity index (χ1n) is 6.77. The summed E-state index contributed by atoms with van der Waals surface area (Å²) in [5, 5.41) is 17.8. The standard InChI is InChI=1S/C9H12O.C8H9ClO/c1-2-3-8-4-6-9(10)7-5-8;9-6-5-7-1-3-8(10)4-2-7/h4-7,10H,2-3H2,1H3;1-4,10H,5-6H2. The molecule has 108 valence electrons. The SMILES string of the molecule is CCCc1ccc(O)cc1.Oc1ccc(CCCl)cc1. The molecule has 0 aliphatic rings. The van der Waals surface area contributed by atoms with Crippen LogP contribution in [0.5, 0.6) is 11.5 Å². The Balaban J connectivity index is 0.000000200. The van der Waals surface area contributed by atoms with Crippen LogP contribution in [-0.2, 0) is 12.8 Å². The second kappa shape index (κ2) is 9.27. The van der Waals surface area contributed by atoms with E-state index in [2.05, 4.69) is 6.92 Å². The van der Waals surface area contributed by atoms with Crippen molar-refractivity contribution >= 4 is 11.6 Å². The lowest BCUT2D eigenvalue weighted by Gasteiger charge is -1.96. The Kier molecular flexibility index (Phi) is 7.59. The number of phenolic OH excluding ortho intramolecular Hbond substituents is 2. The van der Waals surface area contributed by atoms with Gasteiger partial charge in [0.05, 0.1) is 0 Å². The van der Waals surface area contributed by atoms with Crippen molar-refractivity contribution in [1.82, 2.24) is 0 Å². The van der Waals surface area contributed by atoms with E-state index in [1.807, 2.05) is 24.3 Å². The molecule has 2 N–H and O–H groups in total. The molecule has 0 aliphatic carbocycles. The maximum absolute atomic E-state index is 8.92. The summed E-state index contributed by atoms with van der Waals surface area (Å²) in [6, 6.07) is 14.5. The Labute approximate surface area is 125 Å². The van der Waals surface area contributed by atoms with E-state index >= 15 is 0 Å². The fraction of sp³-hybridized carbons (Fsp3) is 0.294. The molecule has 2 aromatic carbocycles. The summed E-state index contributed by atoms with van der Waals surface area (Å²) in [6.07, 6.45) is 3.12. The molecule has 0 atom stereocenters. The van der Waals surface area contributed by atoms with E-state index < -0.39 is 0 Å². The normalized spacial score (nSPS) is 9.70. The zero-order valence-corrected chi connectivity index (χ0v) is 12.5. The molecular formula is C17H21ClO2. The lowest BCUT2D eigenvalue weighted by atomic mass is 10.1. The Morgan fingerprint density at radius 1 is 0.750 bits per heavy atom. The lowest BCUT2D eigenvalue weighted by molar-refractivity contribution is 0.474. The molecule has 20 heavy (non-hydrogen) atoms. The van der Waals surface area contributed by atoms with Gasteiger partial charge in [-0.1, -0.05) is 37.6 Å². The number of halogens is 1. The van der Waals surface area contributed by atoms with Crippen molar-refractivity contribution in [2.75, 3.05) is 5.88 Å². The minimum Gasteiger partial charge on any atom is -0.508 e. The van der Waals surface area contributed by atoms with Gasteiger partial charge in [0.1, 0.15) is 11.5 Å². The molecule has 0 saturated carbocycles. The molecule has 0 unspecified atom stereocenters. The highest BCUT2D eigenvalue weighted by Gasteiger charge is 1.90. The van der Waals surface area contributed by atoms with Gasteiger partial charge in [-0.05, 0) is 48.2 Å². The molecule has 0 aliphatic heterocycles. The van der Waals surface area contributed by atoms with E-state index in [1.54, 1.807) is 24.3 Å². The van der Waals surface area contributed by atoms with Crippen LogP contribution >= 0.6 is 11.6 Å². The number of rotatable bonds is 4. The monoisotopic (exact) mass is 292 g/mol. The number of hydrogen-bond acceptors (Lipinski definition) is 2. The molecule has 2 nitrogen and oxygen atoms in total. The molecule has 2 aromatic rings. The van der Waals surface area contributed by atoms with Gasteiger partial charge >= 0.3 is 0 Å². The molecular weight excluding hydrogens is 272 g/mol. The van der Waals surface area contributed by atoms with Gasteiger partial charge in [0.2, 0.25) is 0 Å². The van der Waals surface area contributed by atoms with Gasteiger partial charge in [0.25, 0.3) is 0 Å². The van der Waals surface area contributed by atoms with Crippen LogP contribution in [0.25, 0.3) is 0 Å². The third-order valence-electron chi connectivity index (χ3n) is 2.79. The van der Waals surface area contributed by atoms with E-state index in [-0.39, 0.29) is 0 Å². The third-order valence-corrected chi connectivity index (χ3v) is 2.98. The van der Waals surface area contributed by atoms with Crippen LogP contribution in [0.15, 0.2) is 48.5 Å². The van der Waals surface area contributed by atoms with Crippen molar-refractivity contribution in [3.8, 4) is 11.5 Å². The third kappa shape index (κ3) is 6.48. The molecule has 0 aromatic heterocycles. The van der Waals surface area contributed by atoms with Crippen LogP contribution in [-0.4, -0.2) is 16.1 Å². The van der Waals surface area contributed by atoms with Gasteiger partial charge in [-0.2, -0.15) is 0 Å². The average Bonchev–Trinajstić information content (AvgIpc) is 2.45. The van der Waals surface area contributed by atoms with Crippen LogP contribution in [0, 0.1) is 0 Å². The van der Waals surface area contributed by atoms with Crippen LogP contribution in [0.2, 0.25) is 0 Å². The maximum Gasteiger partial charge on any atom is 0.115 e. The van der Waals surface area contributed by atoms with Gasteiger partial charge in [-0.25, -0.2) is 0 Å².